The molecule has 0 spiro atoms. The van der Waals surface area contributed by atoms with E-state index in [1.165, 1.54) is 0 Å². The Bertz CT molecular complexity index is 313. The van der Waals surface area contributed by atoms with Gasteiger partial charge in [0.2, 0.25) is 0 Å². The molecule has 0 unspecified atom stereocenters. The van der Waals surface area contributed by atoms with Gasteiger partial charge in [-0.1, -0.05) is 6.42 Å². The number of hydrogen-bond acceptors (Lipinski definition) is 4. The highest BCUT2D eigenvalue weighted by molar-refractivity contribution is 5.90. The van der Waals surface area contributed by atoms with Crippen LogP contribution in [-0.4, -0.2) is 28.3 Å². The summed E-state index contributed by atoms with van der Waals surface area (Å²) in [6, 6.07) is 1.93. The number of carbonyl (C=O) groups is 2. The zero-order valence-electron chi connectivity index (χ0n) is 11.2. The third kappa shape index (κ3) is 6.46. The van der Waals surface area contributed by atoms with Gasteiger partial charge in [0.25, 0.3) is 0 Å². The third-order valence-corrected chi connectivity index (χ3v) is 1.28. The molecule has 0 heterocycles. The molecule has 0 N–H and O–H groups in total. The van der Waals surface area contributed by atoms with Gasteiger partial charge in [0.1, 0.15) is 11.2 Å². The Kier molecular flexibility index (Phi) is 4.58. The van der Waals surface area contributed by atoms with Crippen molar-refractivity contribution in [2.75, 3.05) is 0 Å². The Hall–Kier alpha value is -1.70. The summed E-state index contributed by atoms with van der Waals surface area (Å²) in [5.74, 6) is 0. The van der Waals surface area contributed by atoms with Crippen molar-refractivity contribution in [2.45, 2.75) is 52.7 Å². The van der Waals surface area contributed by atoms with Crippen LogP contribution in [0.1, 0.15) is 41.5 Å². The fourth-order valence-electron chi connectivity index (χ4n) is 0.795. The number of hydrogen-bond donors (Lipinski definition) is 0. The van der Waals surface area contributed by atoms with E-state index in [0.717, 1.165) is 0 Å². The lowest BCUT2D eigenvalue weighted by atomic mass is 10.2. The van der Waals surface area contributed by atoms with Crippen molar-refractivity contribution in [1.29, 1.82) is 0 Å². The van der Waals surface area contributed by atoms with Gasteiger partial charge in [-0.25, -0.2) is 9.59 Å². The lowest BCUT2D eigenvalue weighted by Crippen LogP contribution is -2.40. The molecule has 0 saturated carbocycles. The topological polar surface area (TPSA) is 55.8 Å². The fraction of sp³-hybridized carbons (Fsp3) is 0.667. The van der Waals surface area contributed by atoms with E-state index in [1.807, 2.05) is 6.04 Å². The largest absolute Gasteiger partial charge is 0.443 e. The van der Waals surface area contributed by atoms with E-state index in [9.17, 15) is 9.59 Å². The number of ether oxygens (including phenoxy) is 2. The highest BCUT2D eigenvalue weighted by atomic mass is 16.6. The zero-order valence-corrected chi connectivity index (χ0v) is 11.2. The van der Waals surface area contributed by atoms with Crippen molar-refractivity contribution in [3.05, 3.63) is 0 Å². The average molecular weight is 241 g/mol. The summed E-state index contributed by atoms with van der Waals surface area (Å²) in [5, 5.41) is 0. The van der Waals surface area contributed by atoms with E-state index >= 15 is 0 Å². The van der Waals surface area contributed by atoms with Crippen LogP contribution in [-0.2, 0) is 9.47 Å². The first-order valence-corrected chi connectivity index (χ1v) is 5.18. The van der Waals surface area contributed by atoms with E-state index in [0.29, 0.717) is 4.90 Å². The monoisotopic (exact) mass is 241 g/mol. The van der Waals surface area contributed by atoms with Gasteiger partial charge in [0.05, 0.1) is 0 Å². The average Bonchev–Trinajstić information content (AvgIpc) is 1.96. The first-order chi connectivity index (χ1) is 7.46. The van der Waals surface area contributed by atoms with Crippen molar-refractivity contribution < 1.29 is 19.1 Å². The van der Waals surface area contributed by atoms with Gasteiger partial charge in [-0.15, -0.1) is 4.90 Å². The minimum Gasteiger partial charge on any atom is -0.443 e. The zero-order chi connectivity index (χ0) is 13.9. The number of amides is 2. The van der Waals surface area contributed by atoms with Crippen LogP contribution in [0.4, 0.5) is 9.59 Å². The first-order valence-electron chi connectivity index (χ1n) is 5.18. The Morgan fingerprint density at radius 3 is 1.41 bits per heavy atom. The van der Waals surface area contributed by atoms with Gasteiger partial charge in [-0.3, -0.25) is 0 Å². The maximum absolute atomic E-state index is 11.6. The number of imide groups is 1. The molecule has 5 heteroatoms. The van der Waals surface area contributed by atoms with Crippen LogP contribution in [0.3, 0.4) is 0 Å². The van der Waals surface area contributed by atoms with Crippen LogP contribution in [0.15, 0.2) is 0 Å². The Morgan fingerprint density at radius 2 is 1.24 bits per heavy atom. The molecule has 0 aliphatic heterocycles. The Labute approximate surface area is 102 Å². The third-order valence-electron chi connectivity index (χ3n) is 1.28. The number of terminal acetylenes is 1. The van der Waals surface area contributed by atoms with Crippen molar-refractivity contribution in [3.8, 4) is 12.5 Å². The van der Waals surface area contributed by atoms with Crippen molar-refractivity contribution in [3.63, 3.8) is 0 Å². The molecule has 0 atom stereocenters. The number of rotatable bonds is 0. The molecule has 17 heavy (non-hydrogen) atoms. The molecule has 0 aliphatic carbocycles. The highest BCUT2D eigenvalue weighted by Crippen LogP contribution is 2.13. The molecular formula is C12H19NO4. The van der Waals surface area contributed by atoms with Crippen LogP contribution in [0.5, 0.6) is 0 Å². The molecule has 5 nitrogen and oxygen atoms in total. The van der Waals surface area contributed by atoms with E-state index in [4.69, 9.17) is 15.9 Å². The molecule has 0 saturated heterocycles. The second-order valence-corrected chi connectivity index (χ2v) is 5.43. The van der Waals surface area contributed by atoms with Gasteiger partial charge in [0.15, 0.2) is 0 Å². The van der Waals surface area contributed by atoms with E-state index in [2.05, 4.69) is 0 Å². The van der Waals surface area contributed by atoms with Gasteiger partial charge in [0, 0.05) is 6.04 Å². The van der Waals surface area contributed by atoms with Crippen molar-refractivity contribution >= 4 is 12.2 Å². The molecule has 2 amide bonds. The van der Waals surface area contributed by atoms with Gasteiger partial charge in [-0.05, 0) is 41.5 Å². The SMILES string of the molecule is C#CN(C(=O)OC(C)(C)C)C(=O)OC(C)(C)C. The number of carbonyl (C=O) groups excluding carboxylic acids is 2. The molecule has 0 aliphatic rings. The minimum atomic E-state index is -0.922. The van der Waals surface area contributed by atoms with E-state index < -0.39 is 23.4 Å². The normalized spacial score (nSPS) is 11.4. The summed E-state index contributed by atoms with van der Waals surface area (Å²) in [6.07, 6.45) is 3.24. The molecule has 96 valence electrons. The van der Waals surface area contributed by atoms with Crippen LogP contribution in [0.2, 0.25) is 0 Å². The molecule has 0 radical (unpaired) electrons. The summed E-state index contributed by atoms with van der Waals surface area (Å²) >= 11 is 0. The van der Waals surface area contributed by atoms with E-state index in [1.54, 1.807) is 41.5 Å². The van der Waals surface area contributed by atoms with Crippen LogP contribution in [0.25, 0.3) is 0 Å². The van der Waals surface area contributed by atoms with Crippen LogP contribution >= 0.6 is 0 Å². The van der Waals surface area contributed by atoms with Gasteiger partial charge >= 0.3 is 12.2 Å². The summed E-state index contributed by atoms with van der Waals surface area (Å²) in [7, 11) is 0. The van der Waals surface area contributed by atoms with Gasteiger partial charge in [-0.2, -0.15) is 0 Å². The van der Waals surface area contributed by atoms with Gasteiger partial charge < -0.3 is 9.47 Å². The van der Waals surface area contributed by atoms with Crippen LogP contribution < -0.4 is 0 Å². The summed E-state index contributed by atoms with van der Waals surface area (Å²) < 4.78 is 9.94. The smallest absolute Gasteiger partial charge is 0.432 e. The quantitative estimate of drug-likeness (QED) is 0.483. The number of nitrogens with zero attached hydrogens (tertiary/aromatic N) is 1. The van der Waals surface area contributed by atoms with E-state index in [-0.39, 0.29) is 0 Å². The second-order valence-electron chi connectivity index (χ2n) is 5.43. The maximum Gasteiger partial charge on any atom is 0.432 e. The van der Waals surface area contributed by atoms with Crippen molar-refractivity contribution in [2.24, 2.45) is 0 Å². The molecule has 0 fully saturated rings. The van der Waals surface area contributed by atoms with Crippen LogP contribution in [0, 0.1) is 12.5 Å². The lowest BCUT2D eigenvalue weighted by molar-refractivity contribution is 0.0127. The molecule has 0 rings (SSSR count). The summed E-state index contributed by atoms with van der Waals surface area (Å²) in [6.45, 7) is 10.1. The fourth-order valence-corrected chi connectivity index (χ4v) is 0.795. The summed E-state index contributed by atoms with van der Waals surface area (Å²) in [5.41, 5.74) is -1.46. The molecular weight excluding hydrogens is 222 g/mol. The lowest BCUT2D eigenvalue weighted by Gasteiger charge is -2.25. The predicted octanol–water partition coefficient (Wildman–Crippen LogP) is 2.75. The summed E-state index contributed by atoms with van der Waals surface area (Å²) in [4.78, 5) is 23.6. The Balaban J connectivity index is 4.70. The standard InChI is InChI=1S/C12H19NO4/c1-8-13(9(14)16-11(2,3)4)10(15)17-12(5,6)7/h1H,2-7H3. The first kappa shape index (κ1) is 15.3. The maximum atomic E-state index is 11.6. The predicted molar refractivity (Wildman–Crippen MR) is 63.1 cm³/mol. The van der Waals surface area contributed by atoms with Crippen molar-refractivity contribution in [1.82, 2.24) is 4.90 Å². The molecule has 0 aromatic rings. The second kappa shape index (κ2) is 5.09. The minimum absolute atomic E-state index is 0.469. The molecule has 0 aromatic heterocycles. The Morgan fingerprint density at radius 1 is 0.941 bits per heavy atom. The molecule has 0 bridgehead atoms. The highest BCUT2D eigenvalue weighted by Gasteiger charge is 2.29. The molecule has 0 aromatic carbocycles.